The number of aromatic hydroxyl groups is 1. The van der Waals surface area contributed by atoms with E-state index in [9.17, 15) is 14.7 Å². The smallest absolute Gasteiger partial charge is 0.356 e. The summed E-state index contributed by atoms with van der Waals surface area (Å²) in [6, 6.07) is 0. The highest BCUT2D eigenvalue weighted by atomic mass is 16.4. The summed E-state index contributed by atoms with van der Waals surface area (Å²) in [7, 11) is 1.41. The molecule has 1 aromatic heterocycles. The van der Waals surface area contributed by atoms with Crippen LogP contribution in [-0.4, -0.2) is 31.8 Å². The van der Waals surface area contributed by atoms with Crippen molar-refractivity contribution >= 4 is 11.9 Å². The van der Waals surface area contributed by atoms with Crippen LogP contribution in [-0.2, 0) is 13.5 Å². The van der Waals surface area contributed by atoms with Gasteiger partial charge in [0, 0.05) is 12.7 Å². The number of aromatic carboxylic acids is 2. The van der Waals surface area contributed by atoms with E-state index < -0.39 is 23.4 Å². The van der Waals surface area contributed by atoms with Crippen LogP contribution in [0.25, 0.3) is 0 Å². The first-order valence-corrected chi connectivity index (χ1v) is 4.28. The minimum atomic E-state index is -1.35. The van der Waals surface area contributed by atoms with E-state index in [2.05, 4.69) is 0 Å². The Morgan fingerprint density at radius 2 is 1.80 bits per heavy atom. The van der Waals surface area contributed by atoms with E-state index in [1.807, 2.05) is 0 Å². The minimum Gasteiger partial charge on any atom is -0.505 e. The lowest BCUT2D eigenvalue weighted by atomic mass is 10.2. The van der Waals surface area contributed by atoms with Crippen LogP contribution in [0.3, 0.4) is 0 Å². The molecule has 1 rings (SSSR count). The lowest BCUT2D eigenvalue weighted by Gasteiger charge is -2.01. The van der Waals surface area contributed by atoms with Gasteiger partial charge in [0.25, 0.3) is 0 Å². The first kappa shape index (κ1) is 11.1. The van der Waals surface area contributed by atoms with Crippen LogP contribution >= 0.6 is 0 Å². The molecule has 0 atom stereocenters. The van der Waals surface area contributed by atoms with Gasteiger partial charge < -0.3 is 19.9 Å². The molecule has 0 aliphatic carbocycles. The molecule has 0 radical (unpaired) electrons. The number of hydrogen-bond donors (Lipinski definition) is 3. The maximum absolute atomic E-state index is 10.8. The highest BCUT2D eigenvalue weighted by Gasteiger charge is 2.27. The van der Waals surface area contributed by atoms with E-state index in [0.29, 0.717) is 6.42 Å². The zero-order valence-electron chi connectivity index (χ0n) is 8.31. The van der Waals surface area contributed by atoms with Gasteiger partial charge in [0.05, 0.1) is 0 Å². The fourth-order valence-corrected chi connectivity index (χ4v) is 1.60. The van der Waals surface area contributed by atoms with Crippen molar-refractivity contribution in [1.82, 2.24) is 4.57 Å². The number of aromatic nitrogens is 1. The van der Waals surface area contributed by atoms with Crippen molar-refractivity contribution in [3.8, 4) is 5.75 Å². The van der Waals surface area contributed by atoms with Crippen molar-refractivity contribution in [2.45, 2.75) is 13.3 Å². The summed E-state index contributed by atoms with van der Waals surface area (Å²) in [4.78, 5) is 21.6. The monoisotopic (exact) mass is 213 g/mol. The Bertz CT molecular complexity index is 432. The van der Waals surface area contributed by atoms with E-state index in [0.717, 1.165) is 0 Å². The van der Waals surface area contributed by atoms with Crippen LogP contribution < -0.4 is 0 Å². The highest BCUT2D eigenvalue weighted by Crippen LogP contribution is 2.29. The Kier molecular flexibility index (Phi) is 2.69. The third kappa shape index (κ3) is 1.54. The zero-order chi connectivity index (χ0) is 11.7. The Morgan fingerprint density at radius 1 is 1.27 bits per heavy atom. The predicted molar refractivity (Wildman–Crippen MR) is 50.4 cm³/mol. The van der Waals surface area contributed by atoms with Crippen LogP contribution in [0.2, 0.25) is 0 Å². The van der Waals surface area contributed by atoms with Crippen molar-refractivity contribution in [1.29, 1.82) is 0 Å². The Hall–Kier alpha value is -1.98. The van der Waals surface area contributed by atoms with E-state index in [1.54, 1.807) is 6.92 Å². The van der Waals surface area contributed by atoms with E-state index >= 15 is 0 Å². The minimum absolute atomic E-state index is 0.289. The highest BCUT2D eigenvalue weighted by molar-refractivity contribution is 5.99. The maximum atomic E-state index is 10.8. The number of rotatable bonds is 3. The molecule has 15 heavy (non-hydrogen) atoms. The van der Waals surface area contributed by atoms with Crippen LogP contribution in [0.5, 0.6) is 5.75 Å². The van der Waals surface area contributed by atoms with Gasteiger partial charge >= 0.3 is 11.9 Å². The lowest BCUT2D eigenvalue weighted by molar-refractivity contribution is 0.0681. The molecule has 0 aliphatic rings. The maximum Gasteiger partial charge on any atom is 0.356 e. The molecular weight excluding hydrogens is 202 g/mol. The third-order valence-corrected chi connectivity index (χ3v) is 2.24. The van der Waals surface area contributed by atoms with E-state index in [-0.39, 0.29) is 11.3 Å². The number of carboxylic acid groups (broad SMARTS) is 2. The molecule has 0 saturated heterocycles. The van der Waals surface area contributed by atoms with Crippen LogP contribution in [0, 0.1) is 0 Å². The summed E-state index contributed by atoms with van der Waals surface area (Å²) in [5, 5.41) is 27.1. The average Bonchev–Trinajstić information content (AvgIpc) is 2.36. The third-order valence-electron chi connectivity index (χ3n) is 2.24. The first-order chi connectivity index (χ1) is 6.91. The average molecular weight is 213 g/mol. The second-order valence-corrected chi connectivity index (χ2v) is 3.04. The number of carbonyl (C=O) groups is 2. The van der Waals surface area contributed by atoms with Crippen molar-refractivity contribution < 1.29 is 24.9 Å². The molecule has 0 spiro atoms. The summed E-state index contributed by atoms with van der Waals surface area (Å²) < 4.78 is 1.18. The van der Waals surface area contributed by atoms with Gasteiger partial charge in [0.15, 0.2) is 11.4 Å². The van der Waals surface area contributed by atoms with Gasteiger partial charge in [-0.3, -0.25) is 0 Å². The quantitative estimate of drug-likeness (QED) is 0.685. The van der Waals surface area contributed by atoms with Gasteiger partial charge in [0.1, 0.15) is 5.56 Å². The molecule has 82 valence electrons. The SMILES string of the molecule is CCc1c(C(=O)O)c(O)c(C(=O)O)n1C. The fraction of sp³-hybridized carbons (Fsp3) is 0.333. The molecule has 1 heterocycles. The largest absolute Gasteiger partial charge is 0.505 e. The van der Waals surface area contributed by atoms with Crippen LogP contribution in [0.15, 0.2) is 0 Å². The van der Waals surface area contributed by atoms with Gasteiger partial charge in [-0.05, 0) is 6.42 Å². The summed E-state index contributed by atoms with van der Waals surface area (Å²) in [6.45, 7) is 1.69. The van der Waals surface area contributed by atoms with E-state index in [1.165, 1.54) is 11.6 Å². The van der Waals surface area contributed by atoms with Crippen molar-refractivity contribution in [2.75, 3.05) is 0 Å². The van der Waals surface area contributed by atoms with Crippen LogP contribution in [0.1, 0.15) is 33.5 Å². The number of nitrogens with zero attached hydrogens (tertiary/aromatic N) is 1. The normalized spacial score (nSPS) is 10.3. The van der Waals surface area contributed by atoms with E-state index in [4.69, 9.17) is 10.2 Å². The molecule has 0 aromatic carbocycles. The molecular formula is C9H11NO5. The van der Waals surface area contributed by atoms with Crippen molar-refractivity contribution in [3.63, 3.8) is 0 Å². The molecule has 0 saturated carbocycles. The molecule has 6 nitrogen and oxygen atoms in total. The molecule has 1 aromatic rings. The Morgan fingerprint density at radius 3 is 2.07 bits per heavy atom. The molecule has 3 N–H and O–H groups in total. The molecule has 0 aliphatic heterocycles. The summed E-state index contributed by atoms with van der Waals surface area (Å²) >= 11 is 0. The number of carboxylic acids is 2. The van der Waals surface area contributed by atoms with Crippen molar-refractivity contribution in [2.24, 2.45) is 7.05 Å². The van der Waals surface area contributed by atoms with Crippen molar-refractivity contribution in [3.05, 3.63) is 17.0 Å². The van der Waals surface area contributed by atoms with Gasteiger partial charge in [-0.2, -0.15) is 0 Å². The molecule has 6 heteroatoms. The predicted octanol–water partition coefficient (Wildman–Crippen LogP) is 0.690. The second kappa shape index (κ2) is 3.64. The van der Waals surface area contributed by atoms with Gasteiger partial charge in [-0.1, -0.05) is 6.92 Å². The number of hydrogen-bond acceptors (Lipinski definition) is 3. The topological polar surface area (TPSA) is 99.8 Å². The molecule has 0 fully saturated rings. The van der Waals surface area contributed by atoms with Gasteiger partial charge in [-0.15, -0.1) is 0 Å². The zero-order valence-corrected chi connectivity index (χ0v) is 8.31. The van der Waals surface area contributed by atoms with Gasteiger partial charge in [-0.25, -0.2) is 9.59 Å². The Labute approximate surface area is 85.4 Å². The summed E-state index contributed by atoms with van der Waals surface area (Å²) in [6.07, 6.45) is 0.332. The standard InChI is InChI=1S/C9H11NO5/c1-3-4-5(8(12)13)7(11)6(9(14)15)10(4)2/h11H,3H2,1-2H3,(H,12,13)(H,14,15). The molecule has 0 bridgehead atoms. The lowest BCUT2D eigenvalue weighted by Crippen LogP contribution is -2.07. The molecule has 0 unspecified atom stereocenters. The molecule has 0 amide bonds. The Balaban J connectivity index is 3.59. The second-order valence-electron chi connectivity index (χ2n) is 3.04. The first-order valence-electron chi connectivity index (χ1n) is 4.28. The fourth-order valence-electron chi connectivity index (χ4n) is 1.60. The summed E-state index contributed by atoms with van der Waals surface area (Å²) in [5.74, 6) is -3.36. The summed E-state index contributed by atoms with van der Waals surface area (Å²) in [5.41, 5.74) is -0.445. The van der Waals surface area contributed by atoms with Gasteiger partial charge in [0.2, 0.25) is 0 Å². The van der Waals surface area contributed by atoms with Crippen LogP contribution in [0.4, 0.5) is 0 Å².